The number of rotatable bonds is 5. The Morgan fingerprint density at radius 2 is 1.81 bits per heavy atom. The lowest BCUT2D eigenvalue weighted by molar-refractivity contribution is 0.0695. The third-order valence-corrected chi connectivity index (χ3v) is 5.14. The highest BCUT2D eigenvalue weighted by Crippen LogP contribution is 2.39. The molecule has 0 aliphatic carbocycles. The Hall–Kier alpha value is -2.43. The summed E-state index contributed by atoms with van der Waals surface area (Å²) >= 11 is 12.5. The van der Waals surface area contributed by atoms with Gasteiger partial charge in [-0.1, -0.05) is 30.1 Å². The van der Waals surface area contributed by atoms with Crippen molar-refractivity contribution < 1.29 is 14.6 Å². The van der Waals surface area contributed by atoms with E-state index in [0.717, 1.165) is 28.3 Å². The minimum atomic E-state index is -0.956. The lowest BCUT2D eigenvalue weighted by Gasteiger charge is -2.15. The van der Waals surface area contributed by atoms with E-state index in [1.165, 1.54) is 0 Å². The Morgan fingerprint density at radius 3 is 2.33 bits per heavy atom. The summed E-state index contributed by atoms with van der Waals surface area (Å²) in [7, 11) is 1.60. The van der Waals surface area contributed by atoms with Crippen molar-refractivity contribution in [2.24, 2.45) is 0 Å². The Morgan fingerprint density at radius 1 is 1.15 bits per heavy atom. The molecule has 0 saturated heterocycles. The molecular weight excluding hydrogens is 385 g/mol. The second-order valence-corrected chi connectivity index (χ2v) is 6.95. The molecule has 1 heterocycles. The molecule has 0 atom stereocenters. The van der Waals surface area contributed by atoms with Crippen molar-refractivity contribution in [3.8, 4) is 22.7 Å². The fourth-order valence-electron chi connectivity index (χ4n) is 3.40. The van der Waals surface area contributed by atoms with Crippen LogP contribution in [0.1, 0.15) is 28.5 Å². The van der Waals surface area contributed by atoms with Crippen LogP contribution in [-0.4, -0.2) is 22.8 Å². The highest BCUT2D eigenvalue weighted by molar-refractivity contribution is 6.36. The van der Waals surface area contributed by atoms with Crippen molar-refractivity contribution in [1.29, 1.82) is 0 Å². The summed E-state index contributed by atoms with van der Waals surface area (Å²) < 4.78 is 7.16. The van der Waals surface area contributed by atoms with Crippen LogP contribution in [0.5, 0.6) is 5.75 Å². The Labute approximate surface area is 167 Å². The molecule has 0 radical (unpaired) electrons. The van der Waals surface area contributed by atoms with E-state index in [-0.39, 0.29) is 0 Å². The van der Waals surface area contributed by atoms with Crippen molar-refractivity contribution in [1.82, 2.24) is 4.57 Å². The summed E-state index contributed by atoms with van der Waals surface area (Å²) in [6, 6.07) is 12.7. The number of aromatic carboxylic acids is 1. The molecule has 27 heavy (non-hydrogen) atoms. The largest absolute Gasteiger partial charge is 0.497 e. The summed E-state index contributed by atoms with van der Waals surface area (Å²) in [4.78, 5) is 12.0. The standard InChI is InChI=1S/C21H19Cl2NO3/c1-4-16-19(21(25)26)12(2)24(14-6-8-15(27-3)9-7-14)20(16)17-10-5-13(22)11-18(17)23/h5-11H,4H2,1-3H3,(H,25,26). The van der Waals surface area contributed by atoms with Gasteiger partial charge in [-0.25, -0.2) is 4.79 Å². The fraction of sp³-hybridized carbons (Fsp3) is 0.190. The molecule has 1 aromatic heterocycles. The maximum absolute atomic E-state index is 12.0. The van der Waals surface area contributed by atoms with Crippen LogP contribution >= 0.6 is 23.2 Å². The van der Waals surface area contributed by atoms with Crippen LogP contribution in [-0.2, 0) is 6.42 Å². The SMILES string of the molecule is CCc1c(C(=O)O)c(C)n(-c2ccc(OC)cc2)c1-c1ccc(Cl)cc1Cl. The lowest BCUT2D eigenvalue weighted by Crippen LogP contribution is -2.03. The topological polar surface area (TPSA) is 51.5 Å². The number of halogens is 2. The third-order valence-electron chi connectivity index (χ3n) is 4.59. The van der Waals surface area contributed by atoms with Gasteiger partial charge < -0.3 is 14.4 Å². The third kappa shape index (κ3) is 3.43. The number of carboxylic acid groups (broad SMARTS) is 1. The van der Waals surface area contributed by atoms with Crippen molar-refractivity contribution in [2.45, 2.75) is 20.3 Å². The average Bonchev–Trinajstić information content (AvgIpc) is 2.94. The van der Waals surface area contributed by atoms with Gasteiger partial charge in [-0.05, 0) is 61.4 Å². The van der Waals surface area contributed by atoms with Crippen LogP contribution in [0.2, 0.25) is 10.0 Å². The average molecular weight is 404 g/mol. The molecule has 4 nitrogen and oxygen atoms in total. The maximum atomic E-state index is 12.0. The number of methoxy groups -OCH3 is 1. The van der Waals surface area contributed by atoms with Crippen molar-refractivity contribution in [3.05, 3.63) is 69.3 Å². The summed E-state index contributed by atoms with van der Waals surface area (Å²) in [6.45, 7) is 3.74. The highest BCUT2D eigenvalue weighted by atomic mass is 35.5. The van der Waals surface area contributed by atoms with E-state index < -0.39 is 5.97 Å². The molecule has 0 unspecified atom stereocenters. The molecule has 0 aliphatic rings. The molecule has 3 aromatic rings. The molecule has 0 saturated carbocycles. The van der Waals surface area contributed by atoms with Gasteiger partial charge in [0.1, 0.15) is 5.75 Å². The minimum absolute atomic E-state index is 0.300. The van der Waals surface area contributed by atoms with Gasteiger partial charge in [0, 0.05) is 22.0 Å². The number of carbonyl (C=O) groups is 1. The fourth-order valence-corrected chi connectivity index (χ4v) is 3.90. The molecule has 0 spiro atoms. The molecule has 1 N–H and O–H groups in total. The Bertz CT molecular complexity index is 1010. The lowest BCUT2D eigenvalue weighted by atomic mass is 10.0. The van der Waals surface area contributed by atoms with E-state index in [1.807, 2.05) is 41.8 Å². The molecule has 3 rings (SSSR count). The van der Waals surface area contributed by atoms with Gasteiger partial charge in [-0.3, -0.25) is 0 Å². The number of ether oxygens (including phenoxy) is 1. The first-order valence-corrected chi connectivity index (χ1v) is 9.21. The molecular formula is C21H19Cl2NO3. The Kier molecular flexibility index (Phi) is 5.49. The van der Waals surface area contributed by atoms with Crippen molar-refractivity contribution >= 4 is 29.2 Å². The van der Waals surface area contributed by atoms with Crippen molar-refractivity contribution in [2.75, 3.05) is 7.11 Å². The predicted octanol–water partition coefficient (Wildman–Crippen LogP) is 6.03. The van der Waals surface area contributed by atoms with Gasteiger partial charge in [-0.15, -0.1) is 0 Å². The second kappa shape index (κ2) is 7.67. The zero-order valence-electron chi connectivity index (χ0n) is 15.2. The van der Waals surface area contributed by atoms with E-state index in [9.17, 15) is 9.90 Å². The van der Waals surface area contributed by atoms with Crippen LogP contribution in [0.15, 0.2) is 42.5 Å². The highest BCUT2D eigenvalue weighted by Gasteiger charge is 2.26. The smallest absolute Gasteiger partial charge is 0.337 e. The number of aromatic nitrogens is 1. The number of hydrogen-bond donors (Lipinski definition) is 1. The zero-order valence-corrected chi connectivity index (χ0v) is 16.7. The monoisotopic (exact) mass is 403 g/mol. The van der Waals surface area contributed by atoms with E-state index in [1.54, 1.807) is 26.2 Å². The Balaban J connectivity index is 2.38. The number of carboxylic acids is 1. The summed E-state index contributed by atoms with van der Waals surface area (Å²) in [5, 5.41) is 10.8. The zero-order chi connectivity index (χ0) is 19.7. The molecule has 2 aromatic carbocycles. The summed E-state index contributed by atoms with van der Waals surface area (Å²) in [6.07, 6.45) is 0.555. The van der Waals surface area contributed by atoms with Gasteiger partial charge in [0.05, 0.1) is 23.4 Å². The minimum Gasteiger partial charge on any atom is -0.497 e. The van der Waals surface area contributed by atoms with Gasteiger partial charge >= 0.3 is 5.97 Å². The normalized spacial score (nSPS) is 10.9. The molecule has 140 valence electrons. The number of hydrogen-bond acceptors (Lipinski definition) is 2. The molecule has 0 amide bonds. The van der Waals surface area contributed by atoms with Crippen molar-refractivity contribution in [3.63, 3.8) is 0 Å². The quantitative estimate of drug-likeness (QED) is 0.565. The van der Waals surface area contributed by atoms with Gasteiger partial charge in [0.2, 0.25) is 0 Å². The molecule has 0 fully saturated rings. The van der Waals surface area contributed by atoms with Crippen LogP contribution in [0.25, 0.3) is 16.9 Å². The first-order valence-electron chi connectivity index (χ1n) is 8.46. The van der Waals surface area contributed by atoms with Crippen LogP contribution in [0.4, 0.5) is 0 Å². The number of nitrogens with zero attached hydrogens (tertiary/aromatic N) is 1. The van der Waals surface area contributed by atoms with E-state index >= 15 is 0 Å². The van der Waals surface area contributed by atoms with Crippen LogP contribution in [0, 0.1) is 6.92 Å². The number of benzene rings is 2. The van der Waals surface area contributed by atoms with E-state index in [2.05, 4.69) is 0 Å². The van der Waals surface area contributed by atoms with Crippen LogP contribution < -0.4 is 4.74 Å². The van der Waals surface area contributed by atoms with Crippen LogP contribution in [0.3, 0.4) is 0 Å². The van der Waals surface area contributed by atoms with E-state index in [4.69, 9.17) is 27.9 Å². The summed E-state index contributed by atoms with van der Waals surface area (Å²) in [5.41, 5.74) is 4.01. The first-order chi connectivity index (χ1) is 12.9. The first kappa shape index (κ1) is 19.3. The molecule has 6 heteroatoms. The molecule has 0 aliphatic heterocycles. The van der Waals surface area contributed by atoms with Gasteiger partial charge in [0.15, 0.2) is 0 Å². The second-order valence-electron chi connectivity index (χ2n) is 6.10. The van der Waals surface area contributed by atoms with Gasteiger partial charge in [0.25, 0.3) is 0 Å². The molecule has 0 bridgehead atoms. The van der Waals surface area contributed by atoms with E-state index in [0.29, 0.717) is 27.7 Å². The summed E-state index contributed by atoms with van der Waals surface area (Å²) in [5.74, 6) is -0.230. The predicted molar refractivity (Wildman–Crippen MR) is 109 cm³/mol. The van der Waals surface area contributed by atoms with Gasteiger partial charge in [-0.2, -0.15) is 0 Å². The maximum Gasteiger partial charge on any atom is 0.337 e.